The molecule has 2 aliphatic heterocycles. The van der Waals surface area contributed by atoms with Crippen molar-refractivity contribution in [3.63, 3.8) is 0 Å². The van der Waals surface area contributed by atoms with Crippen LogP contribution in [0.15, 0.2) is 77.2 Å². The summed E-state index contributed by atoms with van der Waals surface area (Å²) in [6.07, 6.45) is 2.71. The number of thioether (sulfide) groups is 1. The van der Waals surface area contributed by atoms with Gasteiger partial charge in [0.25, 0.3) is 12.2 Å². The van der Waals surface area contributed by atoms with Gasteiger partial charge in [-0.25, -0.2) is 4.98 Å². The van der Waals surface area contributed by atoms with E-state index in [2.05, 4.69) is 16.6 Å². The summed E-state index contributed by atoms with van der Waals surface area (Å²) in [4.78, 5) is 24.2. The number of hydrogen-bond donors (Lipinski definition) is 0. The second-order valence-corrected chi connectivity index (χ2v) is 8.26. The van der Waals surface area contributed by atoms with Gasteiger partial charge in [-0.05, 0) is 36.0 Å². The molecular weight excluding hydrogens is 406 g/mol. The summed E-state index contributed by atoms with van der Waals surface area (Å²) in [5.41, 5.74) is 0.891. The zero-order valence-corrected chi connectivity index (χ0v) is 16.8. The number of fused-ring (bicyclic) bond motifs is 2. The Hall–Kier alpha value is -3.10. The predicted molar refractivity (Wildman–Crippen MR) is 116 cm³/mol. The van der Waals surface area contributed by atoms with Gasteiger partial charge in [0.05, 0.1) is 15.1 Å². The zero-order valence-electron chi connectivity index (χ0n) is 15.1. The zero-order chi connectivity index (χ0) is 19.8. The van der Waals surface area contributed by atoms with E-state index in [9.17, 15) is 4.79 Å². The number of nitrogens with zero attached hydrogens (tertiary/aromatic N) is 3. The number of benzene rings is 2. The molecular formula is C21H15N3O3S2. The lowest BCUT2D eigenvalue weighted by Gasteiger charge is -2.11. The van der Waals surface area contributed by atoms with Gasteiger partial charge in [-0.2, -0.15) is 4.99 Å². The largest absolute Gasteiger partial charge is 0.447 e. The van der Waals surface area contributed by atoms with Gasteiger partial charge in [-0.1, -0.05) is 41.7 Å². The molecule has 2 aliphatic rings. The molecule has 0 atom stereocenters. The lowest BCUT2D eigenvalue weighted by Crippen LogP contribution is -2.29. The smallest absolute Gasteiger partial charge is 0.266 e. The minimum absolute atomic E-state index is 0.155. The Morgan fingerprint density at radius 2 is 1.86 bits per heavy atom. The monoisotopic (exact) mass is 421 g/mol. The van der Waals surface area contributed by atoms with Crippen molar-refractivity contribution in [2.75, 3.05) is 6.54 Å². The number of aromatic nitrogens is 1. The number of carbonyl (C=O) groups excluding carboxylic acids is 1. The van der Waals surface area contributed by atoms with Crippen LogP contribution >= 0.6 is 23.1 Å². The Morgan fingerprint density at radius 1 is 1.14 bits per heavy atom. The second-order valence-electron chi connectivity index (χ2n) is 6.25. The molecule has 0 N–H and O–H groups in total. The van der Waals surface area contributed by atoms with Crippen molar-refractivity contribution in [2.24, 2.45) is 4.99 Å². The van der Waals surface area contributed by atoms with Crippen LogP contribution in [0.5, 0.6) is 11.5 Å². The number of hydrogen-bond acceptors (Lipinski definition) is 7. The van der Waals surface area contributed by atoms with E-state index in [-0.39, 0.29) is 5.91 Å². The molecule has 0 unspecified atom stereocenters. The molecule has 1 saturated heterocycles. The Labute approximate surface area is 175 Å². The van der Waals surface area contributed by atoms with Crippen molar-refractivity contribution in [2.45, 2.75) is 6.29 Å². The molecule has 0 radical (unpaired) electrons. The van der Waals surface area contributed by atoms with Gasteiger partial charge < -0.3 is 9.47 Å². The molecule has 144 valence electrons. The summed E-state index contributed by atoms with van der Waals surface area (Å²) in [5.74, 6) is 1.17. The topological polar surface area (TPSA) is 64.0 Å². The molecule has 1 aromatic heterocycles. The third-order valence-electron chi connectivity index (χ3n) is 4.30. The number of amides is 1. The van der Waals surface area contributed by atoms with Crippen molar-refractivity contribution in [3.8, 4) is 11.5 Å². The fourth-order valence-electron chi connectivity index (χ4n) is 3.00. The average molecular weight is 422 g/mol. The molecule has 2 aromatic carbocycles. The Morgan fingerprint density at radius 3 is 2.59 bits per heavy atom. The number of amidine groups is 1. The number of rotatable bonds is 4. The minimum atomic E-state index is -0.647. The lowest BCUT2D eigenvalue weighted by atomic mass is 10.3. The average Bonchev–Trinajstić information content (AvgIpc) is 3.39. The molecule has 5 rings (SSSR count). The number of carbonyl (C=O) groups is 1. The van der Waals surface area contributed by atoms with Crippen LogP contribution < -0.4 is 9.47 Å². The molecule has 0 bridgehead atoms. The van der Waals surface area contributed by atoms with Crippen LogP contribution in [-0.2, 0) is 4.79 Å². The van der Waals surface area contributed by atoms with Gasteiger partial charge in [-0.15, -0.1) is 6.58 Å². The van der Waals surface area contributed by atoms with E-state index >= 15 is 0 Å². The first-order valence-electron chi connectivity index (χ1n) is 8.90. The molecule has 1 amide bonds. The molecule has 8 heteroatoms. The van der Waals surface area contributed by atoms with E-state index in [1.807, 2.05) is 48.5 Å². The summed E-state index contributed by atoms with van der Waals surface area (Å²) in [6.45, 7) is 4.11. The Kier molecular flexibility index (Phi) is 4.57. The van der Waals surface area contributed by atoms with Gasteiger partial charge in [0, 0.05) is 12.6 Å². The maximum atomic E-state index is 12.9. The van der Waals surface area contributed by atoms with Gasteiger partial charge in [0.15, 0.2) is 16.7 Å². The van der Waals surface area contributed by atoms with Crippen LogP contribution in [0.1, 0.15) is 0 Å². The van der Waals surface area contributed by atoms with Gasteiger partial charge in [0.1, 0.15) is 0 Å². The molecule has 0 saturated carbocycles. The molecule has 1 fully saturated rings. The van der Waals surface area contributed by atoms with E-state index in [4.69, 9.17) is 9.47 Å². The number of aliphatic imine (C=N–C) groups is 1. The molecule has 0 spiro atoms. The van der Waals surface area contributed by atoms with Gasteiger partial charge >= 0.3 is 0 Å². The van der Waals surface area contributed by atoms with Crippen molar-refractivity contribution in [1.82, 2.24) is 9.88 Å². The second kappa shape index (κ2) is 7.38. The highest BCUT2D eigenvalue weighted by Gasteiger charge is 2.35. The maximum Gasteiger partial charge on any atom is 0.266 e. The summed E-state index contributed by atoms with van der Waals surface area (Å²) in [5, 5.41) is 1.17. The normalized spacial score (nSPS) is 19.0. The van der Waals surface area contributed by atoms with E-state index in [1.54, 1.807) is 17.1 Å². The highest BCUT2D eigenvalue weighted by atomic mass is 32.2. The number of para-hydroxylation sites is 3. The summed E-state index contributed by atoms with van der Waals surface area (Å²) >= 11 is 2.77. The minimum Gasteiger partial charge on any atom is -0.447 e. The first-order valence-corrected chi connectivity index (χ1v) is 10.5. The van der Waals surface area contributed by atoms with Crippen LogP contribution in [0.4, 0.5) is 5.13 Å². The Balaban J connectivity index is 1.44. The van der Waals surface area contributed by atoms with E-state index < -0.39 is 6.29 Å². The van der Waals surface area contributed by atoms with E-state index in [1.165, 1.54) is 23.1 Å². The van der Waals surface area contributed by atoms with Gasteiger partial charge in [-0.3, -0.25) is 9.69 Å². The molecule has 0 aliphatic carbocycles. The molecule has 6 nitrogen and oxygen atoms in total. The van der Waals surface area contributed by atoms with E-state index in [0.29, 0.717) is 33.2 Å². The van der Waals surface area contributed by atoms with E-state index in [0.717, 1.165) is 10.2 Å². The van der Waals surface area contributed by atoms with Crippen molar-refractivity contribution < 1.29 is 14.3 Å². The predicted octanol–water partition coefficient (Wildman–Crippen LogP) is 4.73. The first-order chi connectivity index (χ1) is 14.2. The lowest BCUT2D eigenvalue weighted by molar-refractivity contribution is -0.122. The SMILES string of the molecule is C=CCN1C(=O)/C(=C/C2Oc3ccccc3O2)S/C1=N\c1nc2ccccc2s1. The maximum absolute atomic E-state index is 12.9. The van der Waals surface area contributed by atoms with Crippen LogP contribution in [0.25, 0.3) is 10.2 Å². The van der Waals surface area contributed by atoms with Gasteiger partial charge in [0.2, 0.25) is 5.13 Å². The third kappa shape index (κ3) is 3.41. The standard InChI is InChI=1S/C21H15N3O3S2/c1-2-11-24-19(25)17(12-18-26-14-8-4-5-9-15(14)27-18)29-21(24)23-20-22-13-7-3-6-10-16(13)28-20/h2-10,12,18H,1,11H2/b17-12-,23-21-. The molecule has 3 heterocycles. The summed E-state index contributed by atoms with van der Waals surface area (Å²) in [7, 11) is 0. The quantitative estimate of drug-likeness (QED) is 0.450. The van der Waals surface area contributed by atoms with Crippen molar-refractivity contribution in [1.29, 1.82) is 0 Å². The Bertz CT molecular complexity index is 1130. The first kappa shape index (κ1) is 18.0. The number of thiazole rings is 1. The van der Waals surface area contributed by atoms with Crippen LogP contribution in [-0.4, -0.2) is 33.8 Å². The molecule has 29 heavy (non-hydrogen) atoms. The van der Waals surface area contributed by atoms with Crippen LogP contribution in [0, 0.1) is 0 Å². The fourth-order valence-corrected chi connectivity index (χ4v) is 4.86. The highest BCUT2D eigenvalue weighted by Crippen LogP contribution is 2.38. The highest BCUT2D eigenvalue weighted by molar-refractivity contribution is 8.18. The summed E-state index contributed by atoms with van der Waals surface area (Å²) in [6, 6.07) is 15.3. The van der Waals surface area contributed by atoms with Crippen LogP contribution in [0.2, 0.25) is 0 Å². The summed E-state index contributed by atoms with van der Waals surface area (Å²) < 4.78 is 12.6. The third-order valence-corrected chi connectivity index (χ3v) is 6.25. The van der Waals surface area contributed by atoms with Crippen LogP contribution in [0.3, 0.4) is 0 Å². The van der Waals surface area contributed by atoms with Crippen molar-refractivity contribution >= 4 is 49.5 Å². The fraction of sp³-hybridized carbons (Fsp3) is 0.0952. The van der Waals surface area contributed by atoms with Crippen molar-refractivity contribution in [3.05, 3.63) is 72.2 Å². The number of ether oxygens (including phenoxy) is 2. The molecule has 3 aromatic rings.